The van der Waals surface area contributed by atoms with Crippen LogP contribution < -0.4 is 5.73 Å². The number of hydrogen-bond acceptors (Lipinski definition) is 5. The highest BCUT2D eigenvalue weighted by Gasteiger charge is 2.46. The van der Waals surface area contributed by atoms with Crippen LogP contribution >= 0.6 is 0 Å². The lowest BCUT2D eigenvalue weighted by Gasteiger charge is -2.28. The third kappa shape index (κ3) is 1.98. The maximum Gasteiger partial charge on any atom is 0.418 e. The number of piperidine rings is 1. The average Bonchev–Trinajstić information content (AvgIpc) is 2.43. The van der Waals surface area contributed by atoms with Crippen LogP contribution in [-0.4, -0.2) is 54.1 Å². The van der Waals surface area contributed by atoms with Gasteiger partial charge < -0.3 is 10.6 Å². The van der Waals surface area contributed by atoms with E-state index in [1.807, 2.05) is 0 Å². The average molecular weight is 251 g/mol. The van der Waals surface area contributed by atoms with E-state index in [0.717, 1.165) is 0 Å². The van der Waals surface area contributed by atoms with Crippen LogP contribution in [0.25, 0.3) is 0 Å². The van der Waals surface area contributed by atoms with Gasteiger partial charge in [-0.25, -0.2) is 4.79 Å². The Kier molecular flexibility index (Phi) is 2.78. The molecule has 2 aliphatic rings. The molecule has 0 aromatic rings. The van der Waals surface area contributed by atoms with Crippen LogP contribution in [0.1, 0.15) is 12.8 Å². The molecule has 3 N–H and O–H groups in total. The summed E-state index contributed by atoms with van der Waals surface area (Å²) in [5, 5.41) is 0.713. The van der Waals surface area contributed by atoms with Crippen molar-refractivity contribution in [3.63, 3.8) is 0 Å². The normalized spacial score (nSPS) is 30.0. The first-order valence-electron chi connectivity index (χ1n) is 4.89. The van der Waals surface area contributed by atoms with E-state index in [1.165, 1.54) is 4.90 Å². The van der Waals surface area contributed by atoms with Crippen molar-refractivity contribution in [3.05, 3.63) is 0 Å². The molecule has 2 aliphatic heterocycles. The number of hydrogen-bond donors (Lipinski definition) is 2. The molecule has 0 saturated carbocycles. The van der Waals surface area contributed by atoms with Crippen molar-refractivity contribution in [2.24, 2.45) is 5.73 Å². The topological polar surface area (TPSA) is 113 Å². The van der Waals surface area contributed by atoms with Gasteiger partial charge in [0, 0.05) is 19.1 Å². The van der Waals surface area contributed by atoms with Crippen LogP contribution in [0.15, 0.2) is 0 Å². The van der Waals surface area contributed by atoms with Crippen molar-refractivity contribution in [2.45, 2.75) is 24.9 Å². The Morgan fingerprint density at radius 3 is 2.75 bits per heavy atom. The number of carbonyl (C=O) groups is 1. The van der Waals surface area contributed by atoms with Crippen molar-refractivity contribution in [1.29, 1.82) is 0 Å². The van der Waals surface area contributed by atoms with E-state index < -0.39 is 16.4 Å². The smallest absolute Gasteiger partial charge is 0.328 e. The van der Waals surface area contributed by atoms with Crippen molar-refractivity contribution in [3.8, 4) is 0 Å². The van der Waals surface area contributed by atoms with E-state index in [9.17, 15) is 13.2 Å². The van der Waals surface area contributed by atoms with Crippen molar-refractivity contribution < 1.29 is 22.0 Å². The van der Waals surface area contributed by atoms with Gasteiger partial charge >= 0.3 is 16.4 Å². The fourth-order valence-electron chi connectivity index (χ4n) is 2.16. The van der Waals surface area contributed by atoms with Gasteiger partial charge in [-0.1, -0.05) is 0 Å². The summed E-state index contributed by atoms with van der Waals surface area (Å²) in [7, 11) is -4.66. The van der Waals surface area contributed by atoms with Crippen LogP contribution in [0.2, 0.25) is 0 Å². The number of fused-ring (bicyclic) bond motifs is 2. The predicted molar refractivity (Wildman–Crippen MR) is 52.4 cm³/mol. The minimum atomic E-state index is -4.66. The SMILES string of the molecule is NC[C@@H]1CC[C@@H]2CN1C(=O)N2OS(=O)(=O)O. The lowest BCUT2D eigenvalue weighted by Crippen LogP contribution is -2.44. The van der Waals surface area contributed by atoms with E-state index in [2.05, 4.69) is 4.28 Å². The number of amides is 2. The minimum Gasteiger partial charge on any atom is -0.328 e. The molecule has 2 rings (SSSR count). The molecule has 92 valence electrons. The quantitative estimate of drug-likeness (QED) is 0.619. The molecule has 2 amide bonds. The maximum atomic E-state index is 11.7. The number of hydroxylamine groups is 2. The van der Waals surface area contributed by atoms with E-state index >= 15 is 0 Å². The third-order valence-corrected chi connectivity index (χ3v) is 3.24. The zero-order valence-corrected chi connectivity index (χ0v) is 9.26. The summed E-state index contributed by atoms with van der Waals surface area (Å²) in [4.78, 5) is 13.2. The zero-order valence-electron chi connectivity index (χ0n) is 8.44. The maximum absolute atomic E-state index is 11.7. The predicted octanol–water partition coefficient (Wildman–Crippen LogP) is -1.05. The van der Waals surface area contributed by atoms with E-state index in [1.54, 1.807) is 0 Å². The molecule has 2 fully saturated rings. The molecule has 16 heavy (non-hydrogen) atoms. The largest absolute Gasteiger partial charge is 0.418 e. The molecular weight excluding hydrogens is 238 g/mol. The van der Waals surface area contributed by atoms with E-state index in [0.29, 0.717) is 31.0 Å². The Morgan fingerprint density at radius 2 is 2.19 bits per heavy atom. The Labute approximate surface area is 92.8 Å². The molecule has 0 radical (unpaired) electrons. The third-order valence-electron chi connectivity index (χ3n) is 2.89. The van der Waals surface area contributed by atoms with Gasteiger partial charge in [-0.2, -0.15) is 13.5 Å². The number of urea groups is 1. The molecule has 2 heterocycles. The Morgan fingerprint density at radius 1 is 1.50 bits per heavy atom. The van der Waals surface area contributed by atoms with Crippen LogP contribution in [0, 0.1) is 0 Å². The van der Waals surface area contributed by atoms with Gasteiger partial charge in [0.05, 0.1) is 6.04 Å². The zero-order chi connectivity index (χ0) is 11.9. The summed E-state index contributed by atoms with van der Waals surface area (Å²) in [5.41, 5.74) is 5.50. The van der Waals surface area contributed by atoms with E-state index in [4.69, 9.17) is 10.3 Å². The summed E-state index contributed by atoms with van der Waals surface area (Å²) in [5.74, 6) is 0. The first-order chi connectivity index (χ1) is 7.42. The Balaban J connectivity index is 2.16. The van der Waals surface area contributed by atoms with Gasteiger partial charge in [-0.05, 0) is 12.8 Å². The van der Waals surface area contributed by atoms with Crippen LogP contribution in [0.3, 0.4) is 0 Å². The molecule has 0 aromatic heterocycles. The van der Waals surface area contributed by atoms with Crippen molar-refractivity contribution >= 4 is 16.4 Å². The van der Waals surface area contributed by atoms with Gasteiger partial charge in [-0.3, -0.25) is 4.55 Å². The molecule has 0 aromatic carbocycles. The fraction of sp³-hybridized carbons (Fsp3) is 0.857. The van der Waals surface area contributed by atoms with Crippen LogP contribution in [0.5, 0.6) is 0 Å². The highest BCUT2D eigenvalue weighted by atomic mass is 32.3. The highest BCUT2D eigenvalue weighted by Crippen LogP contribution is 2.29. The summed E-state index contributed by atoms with van der Waals surface area (Å²) < 4.78 is 33.9. The van der Waals surface area contributed by atoms with Gasteiger partial charge in [0.25, 0.3) is 0 Å². The molecule has 2 atom stereocenters. The number of nitrogens with two attached hydrogens (primary N) is 1. The van der Waals surface area contributed by atoms with Gasteiger partial charge in [0.15, 0.2) is 0 Å². The second-order valence-corrected chi connectivity index (χ2v) is 4.89. The molecule has 8 nitrogen and oxygen atoms in total. The molecule has 9 heteroatoms. The Hall–Kier alpha value is -0.900. The van der Waals surface area contributed by atoms with Crippen molar-refractivity contribution in [2.75, 3.05) is 13.1 Å². The van der Waals surface area contributed by atoms with Crippen LogP contribution in [0.4, 0.5) is 4.79 Å². The summed E-state index contributed by atoms with van der Waals surface area (Å²) in [6.07, 6.45) is 1.32. The molecule has 0 spiro atoms. The van der Waals surface area contributed by atoms with Crippen molar-refractivity contribution in [1.82, 2.24) is 9.96 Å². The second-order valence-electron chi connectivity index (χ2n) is 3.88. The number of nitrogens with zero attached hydrogens (tertiary/aromatic N) is 2. The number of rotatable bonds is 3. The van der Waals surface area contributed by atoms with E-state index in [-0.39, 0.29) is 12.1 Å². The number of carbonyl (C=O) groups excluding carboxylic acids is 1. The molecule has 2 saturated heterocycles. The lowest BCUT2D eigenvalue weighted by molar-refractivity contribution is -0.0317. The molecular formula is C7H13N3O5S. The summed E-state index contributed by atoms with van der Waals surface area (Å²) in [6.45, 7) is 0.717. The standard InChI is InChI=1S/C7H13N3O5S/c8-3-5-1-2-6-4-9(5)7(11)10(6)15-16(12,13)14/h5-6H,1-4,8H2,(H,12,13,14)/t5-,6+/m0/s1. The first-order valence-corrected chi connectivity index (χ1v) is 6.26. The Bertz CT molecular complexity index is 397. The van der Waals surface area contributed by atoms with Crippen LogP contribution in [-0.2, 0) is 14.7 Å². The first kappa shape index (κ1) is 11.6. The molecule has 2 bridgehead atoms. The second kappa shape index (κ2) is 3.84. The van der Waals surface area contributed by atoms with Gasteiger partial charge in [-0.15, -0.1) is 4.28 Å². The fourth-order valence-corrected chi connectivity index (χ4v) is 2.54. The van der Waals surface area contributed by atoms with Gasteiger partial charge in [0.2, 0.25) is 0 Å². The molecule has 0 aliphatic carbocycles. The summed E-state index contributed by atoms with van der Waals surface area (Å²) in [6, 6.07) is -0.980. The van der Waals surface area contributed by atoms with Gasteiger partial charge in [0.1, 0.15) is 0 Å². The minimum absolute atomic E-state index is 0.0845. The summed E-state index contributed by atoms with van der Waals surface area (Å²) >= 11 is 0. The molecule has 0 unspecified atom stereocenters. The monoisotopic (exact) mass is 251 g/mol. The highest BCUT2D eigenvalue weighted by molar-refractivity contribution is 7.80. The lowest BCUT2D eigenvalue weighted by atomic mass is 10.0.